The minimum atomic E-state index is -0.168. The Labute approximate surface area is 93.6 Å². The largest absolute Gasteiger partial charge is 0.383 e. The van der Waals surface area contributed by atoms with Crippen LogP contribution in [0.4, 0.5) is 0 Å². The van der Waals surface area contributed by atoms with Gasteiger partial charge in [0.25, 0.3) is 5.91 Å². The fraction of sp³-hybridized carbons (Fsp3) is 0.600. The van der Waals surface area contributed by atoms with E-state index in [-0.39, 0.29) is 5.91 Å². The van der Waals surface area contributed by atoms with Gasteiger partial charge < -0.3 is 19.4 Å². The number of ether oxygens (including phenoxy) is 2. The number of carbonyl (C=O) groups is 1. The molecule has 2 heterocycles. The molecule has 0 aromatic carbocycles. The Morgan fingerprint density at radius 3 is 3.38 bits per heavy atom. The van der Waals surface area contributed by atoms with Crippen LogP contribution in [0.1, 0.15) is 16.3 Å². The SMILES string of the molecule is COCCNC(=O)c1cn2c(n1)COCC2. The van der Waals surface area contributed by atoms with Crippen LogP contribution >= 0.6 is 0 Å². The molecule has 0 unspecified atom stereocenters. The third-order valence-corrected chi connectivity index (χ3v) is 2.39. The average Bonchev–Trinajstić information content (AvgIpc) is 2.73. The summed E-state index contributed by atoms with van der Waals surface area (Å²) in [6, 6.07) is 0. The Morgan fingerprint density at radius 1 is 1.75 bits per heavy atom. The van der Waals surface area contributed by atoms with Gasteiger partial charge in [-0.3, -0.25) is 4.79 Å². The Balaban J connectivity index is 1.98. The number of methoxy groups -OCH3 is 1. The number of nitrogens with one attached hydrogen (secondary N) is 1. The lowest BCUT2D eigenvalue weighted by atomic mass is 10.4. The Bertz CT molecular complexity index is 352. The molecule has 1 aliphatic heterocycles. The van der Waals surface area contributed by atoms with Gasteiger partial charge in [0, 0.05) is 26.4 Å². The predicted molar refractivity (Wildman–Crippen MR) is 56.1 cm³/mol. The highest BCUT2D eigenvalue weighted by atomic mass is 16.5. The maximum Gasteiger partial charge on any atom is 0.271 e. The Morgan fingerprint density at radius 2 is 2.62 bits per heavy atom. The summed E-state index contributed by atoms with van der Waals surface area (Å²) in [5.74, 6) is 0.641. The van der Waals surface area contributed by atoms with Crippen LogP contribution in [0.5, 0.6) is 0 Å². The molecule has 6 heteroatoms. The first-order chi connectivity index (χ1) is 7.81. The molecule has 0 fully saturated rings. The highest BCUT2D eigenvalue weighted by molar-refractivity contribution is 5.92. The number of hydrogen-bond donors (Lipinski definition) is 1. The number of amides is 1. The van der Waals surface area contributed by atoms with Crippen molar-refractivity contribution in [3.8, 4) is 0 Å². The monoisotopic (exact) mass is 225 g/mol. The van der Waals surface area contributed by atoms with E-state index >= 15 is 0 Å². The molecule has 1 N–H and O–H groups in total. The second kappa shape index (κ2) is 5.09. The van der Waals surface area contributed by atoms with Gasteiger partial charge in [0.2, 0.25) is 0 Å². The normalized spacial score (nSPS) is 14.6. The molecule has 16 heavy (non-hydrogen) atoms. The van der Waals surface area contributed by atoms with Crippen molar-refractivity contribution in [2.24, 2.45) is 0 Å². The summed E-state index contributed by atoms with van der Waals surface area (Å²) in [6.07, 6.45) is 1.76. The van der Waals surface area contributed by atoms with Crippen molar-refractivity contribution in [1.29, 1.82) is 0 Å². The van der Waals surface area contributed by atoms with Gasteiger partial charge in [-0.15, -0.1) is 0 Å². The number of rotatable bonds is 4. The molecule has 1 aliphatic rings. The van der Waals surface area contributed by atoms with E-state index in [1.807, 2.05) is 4.57 Å². The van der Waals surface area contributed by atoms with Gasteiger partial charge in [-0.05, 0) is 0 Å². The highest BCUT2D eigenvalue weighted by Crippen LogP contribution is 2.09. The molecule has 1 aromatic heterocycles. The number of hydrogen-bond acceptors (Lipinski definition) is 4. The van der Waals surface area contributed by atoms with E-state index < -0.39 is 0 Å². The molecule has 0 saturated heterocycles. The molecule has 2 rings (SSSR count). The molecule has 6 nitrogen and oxygen atoms in total. The van der Waals surface area contributed by atoms with Crippen LogP contribution in [0.3, 0.4) is 0 Å². The van der Waals surface area contributed by atoms with Crippen molar-refractivity contribution in [2.45, 2.75) is 13.2 Å². The van der Waals surface area contributed by atoms with Crippen molar-refractivity contribution < 1.29 is 14.3 Å². The average molecular weight is 225 g/mol. The first-order valence-corrected chi connectivity index (χ1v) is 5.22. The minimum absolute atomic E-state index is 0.168. The molecule has 0 spiro atoms. The van der Waals surface area contributed by atoms with Gasteiger partial charge in [0.15, 0.2) is 0 Å². The van der Waals surface area contributed by atoms with Gasteiger partial charge in [-0.1, -0.05) is 0 Å². The predicted octanol–water partition coefficient (Wildman–Crippen LogP) is -0.211. The van der Waals surface area contributed by atoms with E-state index in [2.05, 4.69) is 10.3 Å². The van der Waals surface area contributed by atoms with Crippen molar-refractivity contribution in [3.05, 3.63) is 17.7 Å². The highest BCUT2D eigenvalue weighted by Gasteiger charge is 2.16. The van der Waals surface area contributed by atoms with Crippen LogP contribution in [-0.2, 0) is 22.6 Å². The number of nitrogens with zero attached hydrogens (tertiary/aromatic N) is 2. The van der Waals surface area contributed by atoms with Crippen LogP contribution < -0.4 is 5.32 Å². The van der Waals surface area contributed by atoms with Crippen molar-refractivity contribution in [2.75, 3.05) is 26.9 Å². The summed E-state index contributed by atoms with van der Waals surface area (Å²) in [7, 11) is 1.60. The van der Waals surface area contributed by atoms with Crippen molar-refractivity contribution in [1.82, 2.24) is 14.9 Å². The first-order valence-electron chi connectivity index (χ1n) is 5.22. The smallest absolute Gasteiger partial charge is 0.271 e. The van der Waals surface area contributed by atoms with Gasteiger partial charge in [-0.25, -0.2) is 4.98 Å². The zero-order valence-corrected chi connectivity index (χ0v) is 9.23. The molecular weight excluding hydrogens is 210 g/mol. The van der Waals surface area contributed by atoms with E-state index in [0.29, 0.717) is 32.1 Å². The molecule has 88 valence electrons. The van der Waals surface area contributed by atoms with Gasteiger partial charge in [0.05, 0.1) is 13.2 Å². The molecule has 0 atom stereocenters. The van der Waals surface area contributed by atoms with E-state index in [1.165, 1.54) is 0 Å². The number of carbonyl (C=O) groups excluding carboxylic acids is 1. The van der Waals surface area contributed by atoms with E-state index in [4.69, 9.17) is 9.47 Å². The van der Waals surface area contributed by atoms with Crippen LogP contribution in [0.15, 0.2) is 6.20 Å². The fourth-order valence-electron chi connectivity index (χ4n) is 1.56. The lowest BCUT2D eigenvalue weighted by Gasteiger charge is -2.13. The quantitative estimate of drug-likeness (QED) is 0.720. The fourth-order valence-corrected chi connectivity index (χ4v) is 1.56. The lowest BCUT2D eigenvalue weighted by Crippen LogP contribution is -2.27. The summed E-state index contributed by atoms with van der Waals surface area (Å²) in [6.45, 7) is 2.91. The molecule has 0 radical (unpaired) electrons. The van der Waals surface area contributed by atoms with Gasteiger partial charge >= 0.3 is 0 Å². The maximum absolute atomic E-state index is 11.7. The van der Waals surface area contributed by atoms with Crippen LogP contribution in [0, 0.1) is 0 Å². The van der Waals surface area contributed by atoms with Gasteiger partial charge in [0.1, 0.15) is 18.1 Å². The topological polar surface area (TPSA) is 65.4 Å². The third-order valence-electron chi connectivity index (χ3n) is 2.39. The van der Waals surface area contributed by atoms with Crippen LogP contribution in [0.2, 0.25) is 0 Å². The molecular formula is C10H15N3O3. The summed E-state index contributed by atoms with van der Waals surface area (Å²) in [5, 5.41) is 2.73. The molecule has 1 aromatic rings. The molecule has 1 amide bonds. The molecule has 0 aliphatic carbocycles. The second-order valence-electron chi connectivity index (χ2n) is 3.54. The summed E-state index contributed by atoms with van der Waals surface area (Å²) in [5.41, 5.74) is 0.441. The maximum atomic E-state index is 11.7. The number of imidazole rings is 1. The first kappa shape index (κ1) is 11.1. The summed E-state index contributed by atoms with van der Waals surface area (Å²) in [4.78, 5) is 15.9. The standard InChI is InChI=1S/C10H15N3O3/c1-15-4-2-11-10(14)8-6-13-3-5-16-7-9(13)12-8/h6H,2-5,7H2,1H3,(H,11,14). The molecule has 0 bridgehead atoms. The lowest BCUT2D eigenvalue weighted by molar-refractivity contribution is 0.0815. The zero-order valence-electron chi connectivity index (χ0n) is 9.23. The second-order valence-corrected chi connectivity index (χ2v) is 3.54. The minimum Gasteiger partial charge on any atom is -0.383 e. The Hall–Kier alpha value is -1.40. The molecule has 0 saturated carbocycles. The number of aromatic nitrogens is 2. The van der Waals surface area contributed by atoms with E-state index in [1.54, 1.807) is 13.3 Å². The van der Waals surface area contributed by atoms with E-state index in [9.17, 15) is 4.79 Å². The zero-order chi connectivity index (χ0) is 11.4. The van der Waals surface area contributed by atoms with E-state index in [0.717, 1.165) is 12.4 Å². The number of fused-ring (bicyclic) bond motifs is 1. The van der Waals surface area contributed by atoms with Crippen LogP contribution in [-0.4, -0.2) is 42.3 Å². The van der Waals surface area contributed by atoms with Crippen molar-refractivity contribution >= 4 is 5.91 Å². The summed E-state index contributed by atoms with van der Waals surface area (Å²) >= 11 is 0. The third kappa shape index (κ3) is 2.40. The van der Waals surface area contributed by atoms with Crippen LogP contribution in [0.25, 0.3) is 0 Å². The Kier molecular flexibility index (Phi) is 3.53. The van der Waals surface area contributed by atoms with Crippen molar-refractivity contribution in [3.63, 3.8) is 0 Å². The van der Waals surface area contributed by atoms with Gasteiger partial charge in [-0.2, -0.15) is 0 Å². The summed E-state index contributed by atoms with van der Waals surface area (Å²) < 4.78 is 12.1.